The standard InChI is InChI=1S/C22H28FN3O4S/c1-16-5-7-18(8-6-16)13-24-22(28)17(2)26(14-19-9-11-20(23)12-10-19)21(27)15-25(3)31(4,29)30/h5-12,17H,13-15H2,1-4H3,(H,24,28)/t17-/m1/s1. The summed E-state index contributed by atoms with van der Waals surface area (Å²) < 4.78 is 37.6. The fourth-order valence-electron chi connectivity index (χ4n) is 2.81. The van der Waals surface area contributed by atoms with Gasteiger partial charge in [-0.3, -0.25) is 9.59 Å². The van der Waals surface area contributed by atoms with Crippen LogP contribution in [0.25, 0.3) is 0 Å². The summed E-state index contributed by atoms with van der Waals surface area (Å²) in [5, 5.41) is 2.81. The van der Waals surface area contributed by atoms with E-state index in [-0.39, 0.29) is 12.5 Å². The average molecular weight is 450 g/mol. The highest BCUT2D eigenvalue weighted by Crippen LogP contribution is 2.12. The van der Waals surface area contributed by atoms with Gasteiger partial charge in [-0.05, 0) is 37.1 Å². The van der Waals surface area contributed by atoms with Gasteiger partial charge in [-0.15, -0.1) is 0 Å². The fraction of sp³-hybridized carbons (Fsp3) is 0.364. The zero-order valence-electron chi connectivity index (χ0n) is 18.1. The van der Waals surface area contributed by atoms with Crippen molar-refractivity contribution in [3.63, 3.8) is 0 Å². The maximum Gasteiger partial charge on any atom is 0.242 e. The number of carbonyl (C=O) groups is 2. The molecule has 0 aliphatic carbocycles. The zero-order valence-corrected chi connectivity index (χ0v) is 18.9. The van der Waals surface area contributed by atoms with Gasteiger partial charge in [0.2, 0.25) is 21.8 Å². The van der Waals surface area contributed by atoms with Crippen molar-refractivity contribution >= 4 is 21.8 Å². The molecule has 0 radical (unpaired) electrons. The molecule has 2 aromatic carbocycles. The Morgan fingerprint density at radius 1 is 1.03 bits per heavy atom. The summed E-state index contributed by atoms with van der Waals surface area (Å²) in [5.41, 5.74) is 2.64. The monoisotopic (exact) mass is 449 g/mol. The molecule has 2 aromatic rings. The number of rotatable bonds is 9. The predicted molar refractivity (Wildman–Crippen MR) is 117 cm³/mol. The van der Waals surface area contributed by atoms with Crippen LogP contribution in [0, 0.1) is 12.7 Å². The van der Waals surface area contributed by atoms with Gasteiger partial charge in [0.25, 0.3) is 0 Å². The van der Waals surface area contributed by atoms with Crippen LogP contribution in [-0.4, -0.2) is 55.3 Å². The molecule has 0 aliphatic heterocycles. The Morgan fingerprint density at radius 2 is 1.58 bits per heavy atom. The first kappa shape index (κ1) is 24.5. The minimum Gasteiger partial charge on any atom is -0.350 e. The van der Waals surface area contributed by atoms with Crippen LogP contribution >= 0.6 is 0 Å². The van der Waals surface area contributed by atoms with Gasteiger partial charge in [-0.25, -0.2) is 12.8 Å². The third-order valence-electron chi connectivity index (χ3n) is 4.94. The van der Waals surface area contributed by atoms with Gasteiger partial charge in [0.1, 0.15) is 11.9 Å². The number of likely N-dealkylation sites (N-methyl/N-ethyl adjacent to an activating group) is 1. The molecular formula is C22H28FN3O4S. The molecule has 0 spiro atoms. The smallest absolute Gasteiger partial charge is 0.242 e. The van der Waals surface area contributed by atoms with Crippen LogP contribution in [-0.2, 0) is 32.7 Å². The molecule has 0 unspecified atom stereocenters. The Morgan fingerprint density at radius 3 is 2.13 bits per heavy atom. The number of aryl methyl sites for hydroxylation is 1. The second-order valence-corrected chi connectivity index (χ2v) is 9.64. The SMILES string of the molecule is Cc1ccc(CNC(=O)[C@@H](C)N(Cc2ccc(F)cc2)C(=O)CN(C)S(C)(=O)=O)cc1. The third-order valence-corrected chi connectivity index (χ3v) is 6.21. The lowest BCUT2D eigenvalue weighted by Gasteiger charge is -2.30. The fourth-order valence-corrected chi connectivity index (χ4v) is 3.16. The molecule has 0 saturated heterocycles. The molecule has 2 amide bonds. The number of benzene rings is 2. The van der Waals surface area contributed by atoms with Crippen LogP contribution in [0.3, 0.4) is 0 Å². The van der Waals surface area contributed by atoms with Crippen LogP contribution in [0.2, 0.25) is 0 Å². The molecule has 0 saturated carbocycles. The Labute approximate surface area is 182 Å². The third kappa shape index (κ3) is 7.45. The minimum atomic E-state index is -3.57. The molecule has 0 bridgehead atoms. The molecule has 1 atom stereocenters. The van der Waals surface area contributed by atoms with Crippen molar-refractivity contribution in [2.75, 3.05) is 19.8 Å². The average Bonchev–Trinajstić information content (AvgIpc) is 2.71. The molecule has 7 nitrogen and oxygen atoms in total. The minimum absolute atomic E-state index is 0.0375. The maximum atomic E-state index is 13.2. The van der Waals surface area contributed by atoms with E-state index >= 15 is 0 Å². The number of sulfonamides is 1. The van der Waals surface area contributed by atoms with Gasteiger partial charge in [0.05, 0.1) is 12.8 Å². The van der Waals surface area contributed by atoms with Crippen molar-refractivity contribution in [2.24, 2.45) is 0 Å². The number of nitrogens with zero attached hydrogens (tertiary/aromatic N) is 2. The van der Waals surface area contributed by atoms with Crippen LogP contribution < -0.4 is 5.32 Å². The summed E-state index contributed by atoms with van der Waals surface area (Å²) >= 11 is 0. The van der Waals surface area contributed by atoms with Crippen LogP contribution in [0.15, 0.2) is 48.5 Å². The van der Waals surface area contributed by atoms with Crippen molar-refractivity contribution in [2.45, 2.75) is 33.0 Å². The van der Waals surface area contributed by atoms with Gasteiger partial charge >= 0.3 is 0 Å². The van der Waals surface area contributed by atoms with E-state index in [0.29, 0.717) is 12.1 Å². The van der Waals surface area contributed by atoms with E-state index in [1.807, 2.05) is 31.2 Å². The highest BCUT2D eigenvalue weighted by molar-refractivity contribution is 7.88. The molecule has 31 heavy (non-hydrogen) atoms. The molecule has 0 heterocycles. The first-order valence-corrected chi connectivity index (χ1v) is 11.6. The van der Waals surface area contributed by atoms with E-state index in [1.54, 1.807) is 6.92 Å². The van der Waals surface area contributed by atoms with Gasteiger partial charge in [0, 0.05) is 20.1 Å². The summed E-state index contributed by atoms with van der Waals surface area (Å²) in [6.45, 7) is 3.47. The lowest BCUT2D eigenvalue weighted by molar-refractivity contribution is -0.140. The second-order valence-electron chi connectivity index (χ2n) is 7.55. The van der Waals surface area contributed by atoms with Gasteiger partial charge in [0.15, 0.2) is 0 Å². The number of halogens is 1. The Kier molecular flexibility index (Phi) is 8.29. The molecule has 0 aromatic heterocycles. The van der Waals surface area contributed by atoms with Gasteiger partial charge < -0.3 is 10.2 Å². The summed E-state index contributed by atoms with van der Waals surface area (Å²) in [6, 6.07) is 12.4. The predicted octanol–water partition coefficient (Wildman–Crippen LogP) is 2.06. The Bertz CT molecular complexity index is 1010. The van der Waals surface area contributed by atoms with Crippen LogP contribution in [0.5, 0.6) is 0 Å². The number of amides is 2. The molecule has 9 heteroatoms. The van der Waals surface area contributed by atoms with E-state index in [1.165, 1.54) is 36.2 Å². The van der Waals surface area contributed by atoms with Gasteiger partial charge in [-0.2, -0.15) is 4.31 Å². The van der Waals surface area contributed by atoms with Crippen molar-refractivity contribution in [3.05, 3.63) is 71.0 Å². The highest BCUT2D eigenvalue weighted by atomic mass is 32.2. The van der Waals surface area contributed by atoms with Crippen molar-refractivity contribution in [3.8, 4) is 0 Å². The van der Waals surface area contributed by atoms with Crippen LogP contribution in [0.1, 0.15) is 23.6 Å². The zero-order chi connectivity index (χ0) is 23.2. The Hall–Kier alpha value is -2.78. The molecule has 0 fully saturated rings. The molecule has 2 rings (SSSR count). The van der Waals surface area contributed by atoms with E-state index in [4.69, 9.17) is 0 Å². The first-order valence-electron chi connectivity index (χ1n) is 9.76. The van der Waals surface area contributed by atoms with Crippen molar-refractivity contribution in [1.82, 2.24) is 14.5 Å². The van der Waals surface area contributed by atoms with E-state index in [2.05, 4.69) is 5.32 Å². The van der Waals surface area contributed by atoms with Crippen LogP contribution in [0.4, 0.5) is 4.39 Å². The quantitative estimate of drug-likeness (QED) is 0.635. The summed E-state index contributed by atoms with van der Waals surface area (Å²) in [5.74, 6) is -1.32. The largest absolute Gasteiger partial charge is 0.350 e. The Balaban J connectivity index is 2.16. The molecule has 168 valence electrons. The van der Waals surface area contributed by atoms with Crippen molar-refractivity contribution in [1.29, 1.82) is 0 Å². The highest BCUT2D eigenvalue weighted by Gasteiger charge is 2.28. The summed E-state index contributed by atoms with van der Waals surface area (Å²) in [7, 11) is -2.27. The van der Waals surface area contributed by atoms with E-state index < -0.39 is 34.3 Å². The molecule has 0 aliphatic rings. The maximum absolute atomic E-state index is 13.2. The topological polar surface area (TPSA) is 86.8 Å². The molecule has 1 N–H and O–H groups in total. The number of carbonyl (C=O) groups excluding carboxylic acids is 2. The normalized spacial score (nSPS) is 12.5. The second kappa shape index (κ2) is 10.5. The van der Waals surface area contributed by atoms with Crippen molar-refractivity contribution < 1.29 is 22.4 Å². The molecular weight excluding hydrogens is 421 g/mol. The van der Waals surface area contributed by atoms with E-state index in [9.17, 15) is 22.4 Å². The number of hydrogen-bond donors (Lipinski definition) is 1. The number of hydrogen-bond acceptors (Lipinski definition) is 4. The lowest BCUT2D eigenvalue weighted by atomic mass is 10.1. The summed E-state index contributed by atoms with van der Waals surface area (Å²) in [6.07, 6.45) is 1.00. The van der Waals surface area contributed by atoms with E-state index in [0.717, 1.165) is 21.7 Å². The first-order chi connectivity index (χ1) is 14.5. The summed E-state index contributed by atoms with van der Waals surface area (Å²) in [4.78, 5) is 26.9. The lowest BCUT2D eigenvalue weighted by Crippen LogP contribution is -2.50. The van der Waals surface area contributed by atoms with Gasteiger partial charge in [-0.1, -0.05) is 42.0 Å². The number of nitrogens with one attached hydrogen (secondary N) is 1.